The maximum absolute atomic E-state index is 4.79. The van der Waals surface area contributed by atoms with Gasteiger partial charge in [-0.2, -0.15) is 5.10 Å². The number of hydrogen-bond donors (Lipinski definition) is 0. The zero-order valence-electron chi connectivity index (χ0n) is 15.6. The van der Waals surface area contributed by atoms with Crippen LogP contribution in [0.2, 0.25) is 0 Å². The van der Waals surface area contributed by atoms with Gasteiger partial charge in [0.25, 0.3) is 0 Å². The topological polar surface area (TPSA) is 56.7 Å². The van der Waals surface area contributed by atoms with Crippen LogP contribution in [-0.4, -0.2) is 42.0 Å². The third-order valence-corrected chi connectivity index (χ3v) is 5.39. The van der Waals surface area contributed by atoms with Crippen molar-refractivity contribution in [3.05, 3.63) is 29.5 Å². The fourth-order valence-corrected chi connectivity index (χ4v) is 3.57. The highest BCUT2D eigenvalue weighted by atomic mass is 15.4. The number of nitrogens with zero attached hydrogens (tertiary/aromatic N) is 7. The summed E-state index contributed by atoms with van der Waals surface area (Å²) in [6, 6.07) is 0. The minimum Gasteiger partial charge on any atom is -0.353 e. The van der Waals surface area contributed by atoms with Crippen LogP contribution in [0, 0.1) is 20.8 Å². The average Bonchev–Trinajstić information content (AvgIpc) is 3.35. The molecule has 25 heavy (non-hydrogen) atoms. The highest BCUT2D eigenvalue weighted by molar-refractivity contribution is 5.65. The predicted molar refractivity (Wildman–Crippen MR) is 98.2 cm³/mol. The molecule has 1 aliphatic rings. The van der Waals surface area contributed by atoms with E-state index in [-0.39, 0.29) is 0 Å². The molecule has 3 aromatic rings. The Hall–Kier alpha value is -2.57. The van der Waals surface area contributed by atoms with E-state index in [0.717, 1.165) is 53.3 Å². The van der Waals surface area contributed by atoms with Crippen LogP contribution >= 0.6 is 0 Å². The molecule has 1 fully saturated rings. The van der Waals surface area contributed by atoms with E-state index in [2.05, 4.69) is 32.9 Å². The van der Waals surface area contributed by atoms with E-state index in [1.54, 1.807) is 0 Å². The fourth-order valence-electron chi connectivity index (χ4n) is 3.57. The Morgan fingerprint density at radius 1 is 0.960 bits per heavy atom. The number of imidazole rings is 2. The zero-order valence-corrected chi connectivity index (χ0v) is 15.6. The summed E-state index contributed by atoms with van der Waals surface area (Å²) in [7, 11) is 4.05. The lowest BCUT2D eigenvalue weighted by atomic mass is 10.3. The molecule has 0 saturated carbocycles. The summed E-state index contributed by atoms with van der Waals surface area (Å²) in [4.78, 5) is 11.7. The Morgan fingerprint density at radius 2 is 1.68 bits per heavy atom. The average molecular weight is 339 g/mol. The first kappa shape index (κ1) is 15.9. The maximum Gasteiger partial charge on any atom is 0.181 e. The van der Waals surface area contributed by atoms with Gasteiger partial charge in [-0.15, -0.1) is 0 Å². The summed E-state index contributed by atoms with van der Waals surface area (Å²) in [5.74, 6) is 2.78. The van der Waals surface area contributed by atoms with Gasteiger partial charge in [0.2, 0.25) is 0 Å². The molecule has 0 unspecified atom stereocenters. The van der Waals surface area contributed by atoms with Gasteiger partial charge in [0.15, 0.2) is 17.5 Å². The van der Waals surface area contributed by atoms with Crippen LogP contribution in [0.4, 0.5) is 5.82 Å². The number of anilines is 1. The highest BCUT2D eigenvalue weighted by Crippen LogP contribution is 2.32. The highest BCUT2D eigenvalue weighted by Gasteiger charge is 2.25. The summed E-state index contributed by atoms with van der Waals surface area (Å²) in [6.07, 6.45) is 6.31. The van der Waals surface area contributed by atoms with Gasteiger partial charge in [0.05, 0.1) is 11.4 Å². The van der Waals surface area contributed by atoms with Gasteiger partial charge < -0.3 is 9.47 Å². The van der Waals surface area contributed by atoms with Crippen LogP contribution in [0.3, 0.4) is 0 Å². The van der Waals surface area contributed by atoms with Crippen molar-refractivity contribution in [2.24, 2.45) is 14.1 Å². The molecule has 132 valence electrons. The van der Waals surface area contributed by atoms with Gasteiger partial charge in [-0.3, -0.25) is 9.25 Å². The zero-order chi connectivity index (χ0) is 17.7. The van der Waals surface area contributed by atoms with Crippen LogP contribution in [0.1, 0.15) is 29.9 Å². The van der Waals surface area contributed by atoms with E-state index in [0.29, 0.717) is 0 Å². The van der Waals surface area contributed by atoms with Crippen LogP contribution < -0.4 is 4.90 Å². The lowest BCUT2D eigenvalue weighted by molar-refractivity contribution is 0.730. The minimum atomic E-state index is 0.857. The second-order valence-electron chi connectivity index (χ2n) is 6.86. The lowest BCUT2D eigenvalue weighted by Gasteiger charge is -2.17. The SMILES string of the molecule is Cc1nc(-c2nccn2-c2c(N3CCCC3)nn(C)c2C)n(C)c1C. The maximum atomic E-state index is 4.79. The Kier molecular flexibility index (Phi) is 3.67. The molecule has 3 aromatic heterocycles. The summed E-state index contributed by atoms with van der Waals surface area (Å²) in [6.45, 7) is 8.37. The Labute approximate surface area is 147 Å². The second kappa shape index (κ2) is 5.75. The van der Waals surface area contributed by atoms with E-state index in [4.69, 9.17) is 10.1 Å². The van der Waals surface area contributed by atoms with Crippen LogP contribution in [0.5, 0.6) is 0 Å². The van der Waals surface area contributed by atoms with Crippen molar-refractivity contribution in [2.45, 2.75) is 33.6 Å². The van der Waals surface area contributed by atoms with Crippen LogP contribution in [-0.2, 0) is 14.1 Å². The van der Waals surface area contributed by atoms with Crippen molar-refractivity contribution < 1.29 is 0 Å². The second-order valence-corrected chi connectivity index (χ2v) is 6.86. The Morgan fingerprint density at radius 3 is 2.32 bits per heavy atom. The van der Waals surface area contributed by atoms with Crippen molar-refractivity contribution in [1.29, 1.82) is 0 Å². The molecule has 0 N–H and O–H groups in total. The van der Waals surface area contributed by atoms with E-state index >= 15 is 0 Å². The Bertz CT molecular complexity index is 922. The van der Waals surface area contributed by atoms with Gasteiger partial charge in [-0.05, 0) is 33.6 Å². The van der Waals surface area contributed by atoms with E-state index in [1.807, 2.05) is 38.1 Å². The molecule has 0 amide bonds. The molecular weight excluding hydrogens is 314 g/mol. The summed E-state index contributed by atoms with van der Waals surface area (Å²) >= 11 is 0. The third-order valence-electron chi connectivity index (χ3n) is 5.39. The molecule has 7 heteroatoms. The first-order valence-electron chi connectivity index (χ1n) is 8.81. The van der Waals surface area contributed by atoms with Gasteiger partial charge >= 0.3 is 0 Å². The van der Waals surface area contributed by atoms with Crippen molar-refractivity contribution in [2.75, 3.05) is 18.0 Å². The van der Waals surface area contributed by atoms with Gasteiger partial charge in [0.1, 0.15) is 5.69 Å². The summed E-state index contributed by atoms with van der Waals surface area (Å²) in [5.41, 5.74) is 4.43. The molecule has 0 aromatic carbocycles. The molecule has 0 bridgehead atoms. The van der Waals surface area contributed by atoms with Crippen LogP contribution in [0.15, 0.2) is 12.4 Å². The smallest absolute Gasteiger partial charge is 0.181 e. The van der Waals surface area contributed by atoms with Crippen molar-refractivity contribution >= 4 is 5.82 Å². The lowest BCUT2D eigenvalue weighted by Crippen LogP contribution is -2.20. The normalized spacial score (nSPS) is 14.7. The number of rotatable bonds is 3. The monoisotopic (exact) mass is 339 g/mol. The number of hydrogen-bond acceptors (Lipinski definition) is 4. The molecule has 0 spiro atoms. The molecule has 0 aliphatic carbocycles. The standard InChI is InChI=1S/C18H25N7/c1-12-13(2)22(4)18(20-12)17-19-8-11-25(17)15-14(3)23(5)21-16(15)24-9-6-7-10-24/h8,11H,6-7,9-10H2,1-5H3. The van der Waals surface area contributed by atoms with Crippen molar-refractivity contribution in [3.8, 4) is 17.3 Å². The third kappa shape index (κ3) is 2.37. The molecular formula is C18H25N7. The van der Waals surface area contributed by atoms with E-state index in [1.165, 1.54) is 12.8 Å². The molecule has 1 aliphatic heterocycles. The molecule has 7 nitrogen and oxygen atoms in total. The first-order valence-corrected chi connectivity index (χ1v) is 8.81. The quantitative estimate of drug-likeness (QED) is 0.736. The van der Waals surface area contributed by atoms with Gasteiger partial charge in [0, 0.05) is 45.3 Å². The van der Waals surface area contributed by atoms with Gasteiger partial charge in [-0.1, -0.05) is 0 Å². The fraction of sp³-hybridized carbons (Fsp3) is 0.500. The number of aryl methyl sites for hydroxylation is 2. The van der Waals surface area contributed by atoms with Crippen molar-refractivity contribution in [3.63, 3.8) is 0 Å². The van der Waals surface area contributed by atoms with Gasteiger partial charge in [-0.25, -0.2) is 9.97 Å². The molecule has 0 atom stereocenters. The predicted octanol–water partition coefficient (Wildman–Crippen LogP) is 2.53. The number of aromatic nitrogens is 6. The molecule has 4 heterocycles. The van der Waals surface area contributed by atoms with Crippen molar-refractivity contribution in [1.82, 2.24) is 28.9 Å². The molecule has 0 radical (unpaired) electrons. The molecule has 1 saturated heterocycles. The molecule has 4 rings (SSSR count). The Balaban J connectivity index is 1.90. The van der Waals surface area contributed by atoms with Crippen LogP contribution in [0.25, 0.3) is 17.3 Å². The van der Waals surface area contributed by atoms with E-state index < -0.39 is 0 Å². The summed E-state index contributed by atoms with van der Waals surface area (Å²) < 4.78 is 6.20. The minimum absolute atomic E-state index is 0.857. The largest absolute Gasteiger partial charge is 0.353 e. The van der Waals surface area contributed by atoms with E-state index in [9.17, 15) is 0 Å². The first-order chi connectivity index (χ1) is 12.0. The summed E-state index contributed by atoms with van der Waals surface area (Å²) in [5, 5.41) is 4.79.